The van der Waals surface area contributed by atoms with E-state index in [2.05, 4.69) is 32.2 Å². The number of aromatic nitrogens is 1. The van der Waals surface area contributed by atoms with Crippen molar-refractivity contribution in [1.82, 2.24) is 20.1 Å². The minimum Gasteiger partial charge on any atom is -0.486 e. The molecule has 0 amide bonds. The van der Waals surface area contributed by atoms with E-state index in [0.29, 0.717) is 41.9 Å². The molecule has 0 aliphatic carbocycles. The molecule has 0 bridgehead atoms. The molecule has 3 heterocycles. The molecule has 0 unspecified atom stereocenters. The fourth-order valence-corrected chi connectivity index (χ4v) is 4.78. The van der Waals surface area contributed by atoms with Crippen LogP contribution in [0, 0.1) is 0 Å². The number of H-pyrrole nitrogens is 1. The molecule has 2 aliphatic rings. The smallest absolute Gasteiger partial charge is 0.253 e. The minimum absolute atomic E-state index is 0.123. The molecule has 1 aromatic heterocycles. The van der Waals surface area contributed by atoms with E-state index in [9.17, 15) is 4.79 Å². The summed E-state index contributed by atoms with van der Waals surface area (Å²) in [7, 11) is 0. The van der Waals surface area contributed by atoms with Gasteiger partial charge in [-0.05, 0) is 36.3 Å². The van der Waals surface area contributed by atoms with Crippen LogP contribution in [0.4, 0.5) is 0 Å². The minimum atomic E-state index is -0.123. The van der Waals surface area contributed by atoms with Crippen LogP contribution in [0.25, 0.3) is 10.9 Å². The molecule has 5 rings (SSSR count). The van der Waals surface area contributed by atoms with Gasteiger partial charge in [-0.3, -0.25) is 9.69 Å². The molecule has 0 atom stereocenters. The topological polar surface area (TPSA) is 79.1 Å². The van der Waals surface area contributed by atoms with E-state index in [4.69, 9.17) is 26.4 Å². The van der Waals surface area contributed by atoms with E-state index in [1.54, 1.807) is 0 Å². The zero-order chi connectivity index (χ0) is 24.7. The molecule has 2 aromatic carbocycles. The number of morpholine rings is 1. The highest BCUT2D eigenvalue weighted by atomic mass is 32.1. The Morgan fingerprint density at radius 1 is 1.03 bits per heavy atom. The van der Waals surface area contributed by atoms with E-state index in [-0.39, 0.29) is 5.56 Å². The van der Waals surface area contributed by atoms with Crippen LogP contribution in [-0.2, 0) is 17.7 Å². The Morgan fingerprint density at radius 2 is 1.78 bits per heavy atom. The van der Waals surface area contributed by atoms with E-state index in [1.807, 2.05) is 36.4 Å². The average Bonchev–Trinajstić information content (AvgIpc) is 2.91. The predicted octanol–water partition coefficient (Wildman–Crippen LogP) is 2.55. The van der Waals surface area contributed by atoms with Crippen molar-refractivity contribution < 1.29 is 14.2 Å². The van der Waals surface area contributed by atoms with Crippen molar-refractivity contribution in [3.63, 3.8) is 0 Å². The number of thiocarbonyl (C=S) groups is 1. The predicted molar refractivity (Wildman–Crippen MR) is 144 cm³/mol. The number of benzene rings is 2. The SMILES string of the molecule is O=c1[nH]c2cc3c(cc2cc1CN(CCN1CCOCC1)C(=S)NCCc1ccccc1)OCCO3. The van der Waals surface area contributed by atoms with Gasteiger partial charge in [-0.25, -0.2) is 0 Å². The van der Waals surface area contributed by atoms with Crippen LogP contribution in [0.3, 0.4) is 0 Å². The van der Waals surface area contributed by atoms with Gasteiger partial charge in [-0.15, -0.1) is 0 Å². The molecule has 2 N–H and O–H groups in total. The normalized spacial score (nSPS) is 15.6. The number of pyridine rings is 1. The van der Waals surface area contributed by atoms with E-state index < -0.39 is 0 Å². The first-order valence-electron chi connectivity index (χ1n) is 12.5. The molecule has 190 valence electrons. The molecule has 1 fully saturated rings. The fraction of sp³-hybridized carbons (Fsp3) is 0.407. The Morgan fingerprint density at radius 3 is 2.56 bits per heavy atom. The monoisotopic (exact) mass is 508 g/mol. The Balaban J connectivity index is 1.31. The van der Waals surface area contributed by atoms with Gasteiger partial charge in [0.15, 0.2) is 16.6 Å². The lowest BCUT2D eigenvalue weighted by molar-refractivity contribution is 0.0357. The second kappa shape index (κ2) is 11.7. The Hall–Kier alpha value is -3.14. The van der Waals surface area contributed by atoms with Crippen molar-refractivity contribution in [2.45, 2.75) is 13.0 Å². The van der Waals surface area contributed by atoms with Gasteiger partial charge in [0.25, 0.3) is 5.56 Å². The first-order chi connectivity index (χ1) is 17.7. The third-order valence-electron chi connectivity index (χ3n) is 6.55. The highest BCUT2D eigenvalue weighted by molar-refractivity contribution is 7.80. The van der Waals surface area contributed by atoms with Crippen LogP contribution in [0.2, 0.25) is 0 Å². The van der Waals surface area contributed by atoms with Gasteiger partial charge in [0.05, 0.1) is 25.3 Å². The number of hydrogen-bond donors (Lipinski definition) is 2. The number of aromatic amines is 1. The van der Waals surface area contributed by atoms with Gasteiger partial charge in [0.2, 0.25) is 0 Å². The standard InChI is InChI=1S/C27H32N4O4S/c32-26-22(16-21-17-24-25(18-23(21)29-26)35-15-14-34-24)19-31(9-8-30-10-12-33-13-11-30)27(36)28-7-6-20-4-2-1-3-5-20/h1-5,16-18H,6-15,19H2,(H,28,36)(H,29,32). The molecule has 1 saturated heterocycles. The van der Waals surface area contributed by atoms with Crippen molar-refractivity contribution in [2.24, 2.45) is 0 Å². The van der Waals surface area contributed by atoms with Gasteiger partial charge in [-0.2, -0.15) is 0 Å². The third-order valence-corrected chi connectivity index (χ3v) is 6.96. The van der Waals surface area contributed by atoms with Crippen LogP contribution in [0.15, 0.2) is 53.3 Å². The lowest BCUT2D eigenvalue weighted by Crippen LogP contribution is -2.46. The Kier molecular flexibility index (Phi) is 8.00. The number of hydrogen-bond acceptors (Lipinski definition) is 6. The quantitative estimate of drug-likeness (QED) is 0.450. The molecule has 9 heteroatoms. The van der Waals surface area contributed by atoms with E-state index in [1.165, 1.54) is 5.56 Å². The maximum Gasteiger partial charge on any atom is 0.253 e. The fourth-order valence-electron chi connectivity index (χ4n) is 4.52. The van der Waals surface area contributed by atoms with Crippen LogP contribution >= 0.6 is 12.2 Å². The number of nitrogens with zero attached hydrogens (tertiary/aromatic N) is 2. The molecule has 0 saturated carbocycles. The van der Waals surface area contributed by atoms with Crippen molar-refractivity contribution in [3.8, 4) is 11.5 Å². The van der Waals surface area contributed by atoms with Crippen molar-refractivity contribution in [3.05, 3.63) is 70.0 Å². The number of ether oxygens (including phenoxy) is 3. The van der Waals surface area contributed by atoms with Gasteiger partial charge in [0.1, 0.15) is 13.2 Å². The van der Waals surface area contributed by atoms with Gasteiger partial charge >= 0.3 is 0 Å². The maximum atomic E-state index is 13.0. The molecule has 3 aromatic rings. The summed E-state index contributed by atoms with van der Waals surface area (Å²) < 4.78 is 16.9. The van der Waals surface area contributed by atoms with Crippen molar-refractivity contribution in [2.75, 3.05) is 59.2 Å². The first-order valence-corrected chi connectivity index (χ1v) is 12.9. The van der Waals surface area contributed by atoms with Gasteiger partial charge in [-0.1, -0.05) is 30.3 Å². The molecule has 8 nitrogen and oxygen atoms in total. The zero-order valence-electron chi connectivity index (χ0n) is 20.3. The van der Waals surface area contributed by atoms with Crippen LogP contribution in [0.5, 0.6) is 11.5 Å². The van der Waals surface area contributed by atoms with Crippen LogP contribution in [-0.4, -0.2) is 79.0 Å². The summed E-state index contributed by atoms with van der Waals surface area (Å²) in [5.41, 5.74) is 2.53. The Labute approximate surface area is 216 Å². The lowest BCUT2D eigenvalue weighted by atomic mass is 10.1. The highest BCUT2D eigenvalue weighted by Gasteiger charge is 2.18. The van der Waals surface area contributed by atoms with Crippen molar-refractivity contribution >= 4 is 28.2 Å². The van der Waals surface area contributed by atoms with Gasteiger partial charge < -0.3 is 29.4 Å². The summed E-state index contributed by atoms with van der Waals surface area (Å²) in [6, 6.07) is 16.0. The number of fused-ring (bicyclic) bond motifs is 2. The van der Waals surface area contributed by atoms with E-state index in [0.717, 1.165) is 63.3 Å². The van der Waals surface area contributed by atoms with Crippen LogP contribution in [0.1, 0.15) is 11.1 Å². The van der Waals surface area contributed by atoms with E-state index >= 15 is 0 Å². The molecular formula is C27H32N4O4S. The summed E-state index contributed by atoms with van der Waals surface area (Å²) in [4.78, 5) is 20.5. The number of rotatable bonds is 8. The lowest BCUT2D eigenvalue weighted by Gasteiger charge is -2.31. The second-order valence-corrected chi connectivity index (χ2v) is 9.44. The molecule has 36 heavy (non-hydrogen) atoms. The summed E-state index contributed by atoms with van der Waals surface area (Å²) in [5.74, 6) is 1.36. The van der Waals surface area contributed by atoms with Crippen molar-refractivity contribution in [1.29, 1.82) is 0 Å². The van der Waals surface area contributed by atoms with Crippen LogP contribution < -0.4 is 20.3 Å². The summed E-state index contributed by atoms with van der Waals surface area (Å²) in [6.45, 7) is 7.07. The summed E-state index contributed by atoms with van der Waals surface area (Å²) >= 11 is 5.80. The largest absolute Gasteiger partial charge is 0.486 e. The molecular weight excluding hydrogens is 476 g/mol. The second-order valence-electron chi connectivity index (χ2n) is 9.05. The molecule has 0 spiro atoms. The number of nitrogens with one attached hydrogen (secondary N) is 2. The molecule has 0 radical (unpaired) electrons. The average molecular weight is 509 g/mol. The summed E-state index contributed by atoms with van der Waals surface area (Å²) in [6.07, 6.45) is 0.877. The highest BCUT2D eigenvalue weighted by Crippen LogP contribution is 2.33. The molecule has 2 aliphatic heterocycles. The summed E-state index contributed by atoms with van der Waals surface area (Å²) in [5, 5.41) is 4.96. The Bertz CT molecular complexity index is 1240. The van der Waals surface area contributed by atoms with Gasteiger partial charge in [0, 0.05) is 49.7 Å². The third kappa shape index (κ3) is 6.16. The maximum absolute atomic E-state index is 13.0. The first kappa shape index (κ1) is 24.5. The zero-order valence-corrected chi connectivity index (χ0v) is 21.1.